The van der Waals surface area contributed by atoms with Gasteiger partial charge >= 0.3 is 0 Å². The number of rotatable bonds is 1. The molecule has 122 valence electrons. The number of hydrogen-bond donors (Lipinski definition) is 0. The van der Waals surface area contributed by atoms with Crippen molar-refractivity contribution in [1.29, 1.82) is 0 Å². The van der Waals surface area contributed by atoms with Crippen LogP contribution < -0.4 is 0 Å². The minimum atomic E-state index is -0.564. The zero-order valence-corrected chi connectivity index (χ0v) is 13.7. The lowest BCUT2D eigenvalue weighted by molar-refractivity contribution is -0.162. The maximum atomic E-state index is 12.7. The van der Waals surface area contributed by atoms with Gasteiger partial charge in [0, 0.05) is 25.7 Å². The van der Waals surface area contributed by atoms with Crippen LogP contribution in [0.1, 0.15) is 22.8 Å². The predicted octanol–water partition coefficient (Wildman–Crippen LogP) is 0.509. The quantitative estimate of drug-likeness (QED) is 0.758. The van der Waals surface area contributed by atoms with Crippen molar-refractivity contribution in [3.05, 3.63) is 35.4 Å². The summed E-state index contributed by atoms with van der Waals surface area (Å²) in [6.45, 7) is 4.80. The summed E-state index contributed by atoms with van der Waals surface area (Å²) in [5.41, 5.74) is 1.64. The second kappa shape index (κ2) is 5.68. The van der Waals surface area contributed by atoms with Gasteiger partial charge in [-0.05, 0) is 26.0 Å². The largest absolute Gasteiger partial charge is 0.334 e. The zero-order chi connectivity index (χ0) is 16.7. The first kappa shape index (κ1) is 15.5. The smallest absolute Gasteiger partial charge is 0.254 e. The lowest BCUT2D eigenvalue weighted by atomic mass is 10.0. The SMILES string of the molecule is Cc1cccc(C(=O)N2CCN3C(=O)[C@H](C)N(C)C(=O)[C@H]3C2)c1. The molecule has 2 saturated heterocycles. The molecule has 0 aliphatic carbocycles. The molecule has 1 aromatic carbocycles. The van der Waals surface area contributed by atoms with Gasteiger partial charge in [-0.15, -0.1) is 0 Å². The van der Waals surface area contributed by atoms with Crippen molar-refractivity contribution in [2.45, 2.75) is 25.9 Å². The monoisotopic (exact) mass is 315 g/mol. The fourth-order valence-electron chi connectivity index (χ4n) is 3.23. The normalized spacial score (nSPS) is 24.7. The van der Waals surface area contributed by atoms with E-state index in [0.29, 0.717) is 18.7 Å². The molecule has 1 aromatic rings. The van der Waals surface area contributed by atoms with Crippen molar-refractivity contribution in [2.24, 2.45) is 0 Å². The summed E-state index contributed by atoms with van der Waals surface area (Å²) in [4.78, 5) is 42.2. The number of carbonyl (C=O) groups excluding carboxylic acids is 3. The van der Waals surface area contributed by atoms with E-state index in [1.807, 2.05) is 25.1 Å². The maximum absolute atomic E-state index is 12.7. The molecule has 6 nitrogen and oxygen atoms in total. The molecule has 3 amide bonds. The van der Waals surface area contributed by atoms with E-state index >= 15 is 0 Å². The second-order valence-electron chi connectivity index (χ2n) is 6.29. The van der Waals surface area contributed by atoms with Crippen LogP contribution in [0.3, 0.4) is 0 Å². The third kappa shape index (κ3) is 2.58. The second-order valence-corrected chi connectivity index (χ2v) is 6.29. The van der Waals surface area contributed by atoms with Gasteiger partial charge in [-0.25, -0.2) is 0 Å². The van der Waals surface area contributed by atoms with Gasteiger partial charge in [0.05, 0.1) is 6.54 Å². The topological polar surface area (TPSA) is 60.9 Å². The van der Waals surface area contributed by atoms with Crippen LogP contribution in [-0.4, -0.2) is 71.2 Å². The van der Waals surface area contributed by atoms with Crippen LogP contribution in [0.25, 0.3) is 0 Å². The first-order chi connectivity index (χ1) is 10.9. The molecule has 2 fully saturated rings. The Morgan fingerprint density at radius 3 is 2.61 bits per heavy atom. The number of benzene rings is 1. The Morgan fingerprint density at radius 1 is 1.17 bits per heavy atom. The average molecular weight is 315 g/mol. The summed E-state index contributed by atoms with van der Waals surface area (Å²) < 4.78 is 0. The first-order valence-corrected chi connectivity index (χ1v) is 7.83. The van der Waals surface area contributed by atoms with Crippen LogP contribution in [0.2, 0.25) is 0 Å². The first-order valence-electron chi connectivity index (χ1n) is 7.83. The third-order valence-corrected chi connectivity index (χ3v) is 4.79. The number of carbonyl (C=O) groups is 3. The third-order valence-electron chi connectivity index (χ3n) is 4.79. The summed E-state index contributed by atoms with van der Waals surface area (Å²) in [6.07, 6.45) is 0. The minimum Gasteiger partial charge on any atom is -0.334 e. The Hall–Kier alpha value is -2.37. The van der Waals surface area contributed by atoms with Crippen molar-refractivity contribution in [2.75, 3.05) is 26.7 Å². The fourth-order valence-corrected chi connectivity index (χ4v) is 3.23. The summed E-state index contributed by atoms with van der Waals surface area (Å²) in [6, 6.07) is 6.42. The maximum Gasteiger partial charge on any atom is 0.254 e. The highest BCUT2D eigenvalue weighted by Gasteiger charge is 2.45. The van der Waals surface area contributed by atoms with Gasteiger partial charge < -0.3 is 14.7 Å². The molecule has 0 saturated carbocycles. The highest BCUT2D eigenvalue weighted by molar-refractivity contribution is 5.99. The summed E-state index contributed by atoms with van der Waals surface area (Å²) in [5, 5.41) is 0. The van der Waals surface area contributed by atoms with Gasteiger partial charge in [0.25, 0.3) is 5.91 Å². The molecule has 2 atom stereocenters. The summed E-state index contributed by atoms with van der Waals surface area (Å²) in [5.74, 6) is -0.228. The Balaban J connectivity index is 1.80. The molecule has 0 radical (unpaired) electrons. The molecule has 2 heterocycles. The molecule has 0 spiro atoms. The minimum absolute atomic E-state index is 0.0419. The van der Waals surface area contributed by atoms with Gasteiger partial charge in [0.2, 0.25) is 11.8 Å². The van der Waals surface area contributed by atoms with Crippen LogP contribution in [0.15, 0.2) is 24.3 Å². The lowest BCUT2D eigenvalue weighted by Gasteiger charge is -2.47. The number of hydrogen-bond acceptors (Lipinski definition) is 3. The van der Waals surface area contributed by atoms with Crippen molar-refractivity contribution >= 4 is 17.7 Å². The molecule has 2 aliphatic rings. The van der Waals surface area contributed by atoms with Crippen LogP contribution >= 0.6 is 0 Å². The Bertz CT molecular complexity index is 673. The van der Waals surface area contributed by atoms with E-state index in [2.05, 4.69) is 0 Å². The van der Waals surface area contributed by atoms with Crippen molar-refractivity contribution < 1.29 is 14.4 Å². The number of likely N-dealkylation sites (N-methyl/N-ethyl adjacent to an activating group) is 1. The summed E-state index contributed by atoms with van der Waals surface area (Å²) in [7, 11) is 1.64. The number of nitrogens with zero attached hydrogens (tertiary/aromatic N) is 3. The van der Waals surface area contributed by atoms with Gasteiger partial charge in [-0.2, -0.15) is 0 Å². The predicted molar refractivity (Wildman–Crippen MR) is 84.8 cm³/mol. The van der Waals surface area contributed by atoms with E-state index in [1.165, 1.54) is 4.90 Å². The van der Waals surface area contributed by atoms with E-state index in [4.69, 9.17) is 0 Å². The molecule has 0 N–H and O–H groups in total. The molecule has 6 heteroatoms. The molecule has 0 unspecified atom stereocenters. The van der Waals surface area contributed by atoms with Gasteiger partial charge in [-0.3, -0.25) is 14.4 Å². The molecule has 23 heavy (non-hydrogen) atoms. The molecular formula is C17H21N3O3. The molecule has 0 bridgehead atoms. The zero-order valence-electron chi connectivity index (χ0n) is 13.7. The molecule has 3 rings (SSSR count). The van der Waals surface area contributed by atoms with Gasteiger partial charge in [-0.1, -0.05) is 17.7 Å². The highest BCUT2D eigenvalue weighted by atomic mass is 16.2. The lowest BCUT2D eigenvalue weighted by Crippen LogP contribution is -2.69. The van der Waals surface area contributed by atoms with Gasteiger partial charge in [0.15, 0.2) is 0 Å². The number of piperazine rings is 2. The van der Waals surface area contributed by atoms with Gasteiger partial charge in [0.1, 0.15) is 12.1 Å². The van der Waals surface area contributed by atoms with Crippen molar-refractivity contribution in [1.82, 2.24) is 14.7 Å². The number of fused-ring (bicyclic) bond motifs is 1. The van der Waals surface area contributed by atoms with Crippen molar-refractivity contribution in [3.8, 4) is 0 Å². The van der Waals surface area contributed by atoms with E-state index in [0.717, 1.165) is 5.56 Å². The summed E-state index contributed by atoms with van der Waals surface area (Å²) >= 11 is 0. The van der Waals surface area contributed by atoms with E-state index in [9.17, 15) is 14.4 Å². The molecule has 0 aromatic heterocycles. The molecule has 2 aliphatic heterocycles. The molecular weight excluding hydrogens is 294 g/mol. The number of amides is 3. The number of aryl methyl sites for hydroxylation is 1. The Kier molecular flexibility index (Phi) is 3.83. The van der Waals surface area contributed by atoms with Crippen LogP contribution in [0.5, 0.6) is 0 Å². The van der Waals surface area contributed by atoms with Crippen molar-refractivity contribution in [3.63, 3.8) is 0 Å². The van der Waals surface area contributed by atoms with E-state index in [-0.39, 0.29) is 24.3 Å². The van der Waals surface area contributed by atoms with Crippen LogP contribution in [-0.2, 0) is 9.59 Å². The van der Waals surface area contributed by atoms with Crippen LogP contribution in [0, 0.1) is 6.92 Å². The highest BCUT2D eigenvalue weighted by Crippen LogP contribution is 2.22. The van der Waals surface area contributed by atoms with E-state index in [1.54, 1.807) is 29.8 Å². The average Bonchev–Trinajstić information content (AvgIpc) is 2.57. The fraction of sp³-hybridized carbons (Fsp3) is 0.471. The Labute approximate surface area is 135 Å². The standard InChI is InChI=1S/C17H21N3O3/c1-11-5-4-6-13(9-11)16(22)19-7-8-20-14(10-19)17(23)18(3)12(2)15(20)21/h4-6,9,12,14H,7-8,10H2,1-3H3/t12-,14+/m0/s1. The Morgan fingerprint density at radius 2 is 1.91 bits per heavy atom. The van der Waals surface area contributed by atoms with E-state index < -0.39 is 12.1 Å². The van der Waals surface area contributed by atoms with Crippen LogP contribution in [0.4, 0.5) is 0 Å².